The second-order valence-corrected chi connectivity index (χ2v) is 14.8. The molecule has 5 nitrogen and oxygen atoms in total. The Morgan fingerprint density at radius 3 is 1.71 bits per heavy atom. The van der Waals surface area contributed by atoms with Crippen LogP contribution in [0, 0.1) is 0 Å². The molecule has 0 aliphatic carbocycles. The lowest BCUT2D eigenvalue weighted by Crippen LogP contribution is -2.01. The van der Waals surface area contributed by atoms with Crippen molar-refractivity contribution in [2.24, 2.45) is 0 Å². The van der Waals surface area contributed by atoms with Crippen molar-refractivity contribution in [1.29, 1.82) is 0 Å². The molecule has 0 N–H and O–H groups in total. The van der Waals surface area contributed by atoms with E-state index >= 15 is 0 Å². The SMILES string of the molecule is c1ccc(-c2ccc(-c3nc(-c4ccccc4)nc(-c4cc5oc6ccccc6c5c5cc(-n6c7ccccc7c7cc8ccccc8cc76)ccc45)n3)cc2)cc1. The van der Waals surface area contributed by atoms with E-state index in [1.54, 1.807) is 0 Å². The molecule has 0 amide bonds. The van der Waals surface area contributed by atoms with Gasteiger partial charge in [-0.25, -0.2) is 15.0 Å². The largest absolute Gasteiger partial charge is 0.456 e. The van der Waals surface area contributed by atoms with Gasteiger partial charge in [0.25, 0.3) is 0 Å². The summed E-state index contributed by atoms with van der Waals surface area (Å²) in [5.41, 5.74) is 10.0. The van der Waals surface area contributed by atoms with Gasteiger partial charge in [-0.15, -0.1) is 0 Å². The van der Waals surface area contributed by atoms with Crippen molar-refractivity contribution in [2.45, 2.75) is 0 Å². The van der Waals surface area contributed by atoms with Gasteiger partial charge in [0, 0.05) is 43.9 Å². The maximum atomic E-state index is 6.65. The van der Waals surface area contributed by atoms with Crippen LogP contribution < -0.4 is 0 Å². The average Bonchev–Trinajstić information content (AvgIpc) is 3.83. The summed E-state index contributed by atoms with van der Waals surface area (Å²) in [6.45, 7) is 0. The molecule has 58 heavy (non-hydrogen) atoms. The normalized spacial score (nSPS) is 11.8. The van der Waals surface area contributed by atoms with Gasteiger partial charge in [0.1, 0.15) is 11.2 Å². The molecule has 0 atom stereocenters. The van der Waals surface area contributed by atoms with Gasteiger partial charge in [0.15, 0.2) is 17.5 Å². The minimum Gasteiger partial charge on any atom is -0.456 e. The first-order valence-electron chi connectivity index (χ1n) is 19.5. The summed E-state index contributed by atoms with van der Waals surface area (Å²) in [7, 11) is 0. The number of furan rings is 1. The molecule has 9 aromatic carbocycles. The van der Waals surface area contributed by atoms with E-state index in [1.807, 2.05) is 48.5 Å². The van der Waals surface area contributed by atoms with Crippen molar-refractivity contribution in [1.82, 2.24) is 19.5 Å². The van der Waals surface area contributed by atoms with Crippen LogP contribution in [0.15, 0.2) is 199 Å². The number of fused-ring (bicyclic) bond motifs is 9. The second kappa shape index (κ2) is 12.8. The zero-order valence-electron chi connectivity index (χ0n) is 31.2. The zero-order chi connectivity index (χ0) is 38.2. The predicted octanol–water partition coefficient (Wildman–Crippen LogP) is 13.8. The molecule has 3 aromatic heterocycles. The van der Waals surface area contributed by atoms with E-state index in [0.29, 0.717) is 17.5 Å². The summed E-state index contributed by atoms with van der Waals surface area (Å²) in [6.07, 6.45) is 0. The quantitative estimate of drug-likeness (QED) is 0.176. The van der Waals surface area contributed by atoms with E-state index in [2.05, 4.69) is 150 Å². The first-order chi connectivity index (χ1) is 28.7. The van der Waals surface area contributed by atoms with E-state index in [0.717, 1.165) is 77.2 Å². The van der Waals surface area contributed by atoms with Crippen LogP contribution in [-0.4, -0.2) is 19.5 Å². The second-order valence-electron chi connectivity index (χ2n) is 14.8. The predicted molar refractivity (Wildman–Crippen MR) is 238 cm³/mol. The summed E-state index contributed by atoms with van der Waals surface area (Å²) >= 11 is 0. The highest BCUT2D eigenvalue weighted by Crippen LogP contribution is 2.42. The van der Waals surface area contributed by atoms with Gasteiger partial charge in [-0.05, 0) is 75.1 Å². The molecule has 0 saturated carbocycles. The molecule has 0 aliphatic rings. The number of nitrogens with zero attached hydrogens (tertiary/aromatic N) is 4. The molecule has 270 valence electrons. The van der Waals surface area contributed by atoms with Crippen LogP contribution in [0.3, 0.4) is 0 Å². The molecular weight excluding hydrogens is 709 g/mol. The monoisotopic (exact) mass is 740 g/mol. The smallest absolute Gasteiger partial charge is 0.164 e. The molecule has 0 fully saturated rings. The number of aromatic nitrogens is 4. The van der Waals surface area contributed by atoms with Crippen LogP contribution in [0.1, 0.15) is 0 Å². The summed E-state index contributed by atoms with van der Waals surface area (Å²) < 4.78 is 9.04. The number of rotatable bonds is 5. The third kappa shape index (κ3) is 5.14. The van der Waals surface area contributed by atoms with Gasteiger partial charge < -0.3 is 8.98 Å². The van der Waals surface area contributed by atoms with Gasteiger partial charge in [-0.2, -0.15) is 0 Å². The van der Waals surface area contributed by atoms with Crippen molar-refractivity contribution in [3.8, 4) is 51.0 Å². The Bertz CT molecular complexity index is 3550. The van der Waals surface area contributed by atoms with Gasteiger partial charge in [0.2, 0.25) is 0 Å². The zero-order valence-corrected chi connectivity index (χ0v) is 31.2. The number of para-hydroxylation sites is 2. The van der Waals surface area contributed by atoms with Crippen molar-refractivity contribution in [3.05, 3.63) is 194 Å². The van der Waals surface area contributed by atoms with Gasteiger partial charge in [-0.3, -0.25) is 0 Å². The standard InChI is InChI=1S/C53H32N4O/c1-3-13-33(14-4-1)34-23-25-36(26-24-34)52-54-51(35-15-5-2-6-16-35)55-53(56-52)45-32-49-50(42-20-10-12-22-48(42)58-49)44-31-39(27-28-40(44)45)57-46-21-11-9-19-41(46)43-29-37-17-7-8-18-38(37)30-47(43)57/h1-32H. The average molecular weight is 741 g/mol. The fraction of sp³-hybridized carbons (Fsp3) is 0. The van der Waals surface area contributed by atoms with Crippen molar-refractivity contribution >= 4 is 65.3 Å². The van der Waals surface area contributed by atoms with Gasteiger partial charge >= 0.3 is 0 Å². The highest BCUT2D eigenvalue weighted by Gasteiger charge is 2.21. The molecule has 5 heteroatoms. The molecule has 0 radical (unpaired) electrons. The fourth-order valence-electron chi connectivity index (χ4n) is 8.67. The maximum Gasteiger partial charge on any atom is 0.164 e. The van der Waals surface area contributed by atoms with Crippen LogP contribution in [-0.2, 0) is 0 Å². The number of hydrogen-bond donors (Lipinski definition) is 0. The summed E-state index contributed by atoms with van der Waals surface area (Å²) in [6, 6.07) is 68.1. The molecule has 0 unspecified atom stereocenters. The molecule has 12 aromatic rings. The van der Waals surface area contributed by atoms with E-state index in [9.17, 15) is 0 Å². The highest BCUT2D eigenvalue weighted by atomic mass is 16.3. The Hall–Kier alpha value is -7.89. The molecule has 3 heterocycles. The fourth-order valence-corrected chi connectivity index (χ4v) is 8.67. The highest BCUT2D eigenvalue weighted by molar-refractivity contribution is 6.22. The van der Waals surface area contributed by atoms with E-state index in [4.69, 9.17) is 19.4 Å². The first-order valence-corrected chi connectivity index (χ1v) is 19.5. The van der Waals surface area contributed by atoms with E-state index < -0.39 is 0 Å². The van der Waals surface area contributed by atoms with E-state index in [1.165, 1.54) is 21.5 Å². The summed E-state index contributed by atoms with van der Waals surface area (Å²) in [4.78, 5) is 15.5. The molecular formula is C53H32N4O. The lowest BCUT2D eigenvalue weighted by atomic mass is 9.97. The lowest BCUT2D eigenvalue weighted by molar-refractivity contribution is 0.669. The lowest BCUT2D eigenvalue weighted by Gasteiger charge is -2.14. The number of hydrogen-bond acceptors (Lipinski definition) is 4. The van der Waals surface area contributed by atoms with Crippen LogP contribution in [0.25, 0.3) is 116 Å². The molecule has 0 aliphatic heterocycles. The van der Waals surface area contributed by atoms with Crippen LogP contribution >= 0.6 is 0 Å². The topological polar surface area (TPSA) is 56.7 Å². The Labute approximate surface area is 333 Å². The molecule has 0 saturated heterocycles. The van der Waals surface area contributed by atoms with Gasteiger partial charge in [-0.1, -0.05) is 152 Å². The maximum absolute atomic E-state index is 6.65. The molecule has 0 bridgehead atoms. The summed E-state index contributed by atoms with van der Waals surface area (Å²) in [5.74, 6) is 1.80. The molecule has 12 rings (SSSR count). The van der Waals surface area contributed by atoms with Crippen molar-refractivity contribution in [2.75, 3.05) is 0 Å². The van der Waals surface area contributed by atoms with Crippen LogP contribution in [0.4, 0.5) is 0 Å². The van der Waals surface area contributed by atoms with Crippen LogP contribution in [0.2, 0.25) is 0 Å². The van der Waals surface area contributed by atoms with Gasteiger partial charge in [0.05, 0.1) is 11.0 Å². The van der Waals surface area contributed by atoms with E-state index in [-0.39, 0.29) is 0 Å². The van der Waals surface area contributed by atoms with Crippen LogP contribution in [0.5, 0.6) is 0 Å². The first kappa shape index (κ1) is 32.4. The Balaban J connectivity index is 1.12. The third-order valence-electron chi connectivity index (χ3n) is 11.4. The minimum absolute atomic E-state index is 0.583. The molecule has 0 spiro atoms. The minimum atomic E-state index is 0.583. The van der Waals surface area contributed by atoms with Crippen molar-refractivity contribution < 1.29 is 4.42 Å². The Morgan fingerprint density at radius 1 is 0.345 bits per heavy atom. The third-order valence-corrected chi connectivity index (χ3v) is 11.4. The Morgan fingerprint density at radius 2 is 0.931 bits per heavy atom. The summed E-state index contributed by atoms with van der Waals surface area (Å²) in [5, 5.41) is 9.12. The number of benzene rings is 9. The Kier molecular flexibility index (Phi) is 7.16. The van der Waals surface area contributed by atoms with Crippen molar-refractivity contribution in [3.63, 3.8) is 0 Å².